The van der Waals surface area contributed by atoms with Crippen molar-refractivity contribution in [1.29, 1.82) is 0 Å². The first-order valence-corrected chi connectivity index (χ1v) is 19.1. The van der Waals surface area contributed by atoms with Crippen LogP contribution in [0.5, 0.6) is 11.6 Å². The summed E-state index contributed by atoms with van der Waals surface area (Å²) in [6, 6.07) is 14.9. The number of para-hydroxylation sites is 1. The molecular weight excluding hydrogens is 685 g/mol. The Labute approximate surface area is 305 Å². The van der Waals surface area contributed by atoms with Crippen molar-refractivity contribution < 1.29 is 32.3 Å². The van der Waals surface area contributed by atoms with E-state index in [1.165, 1.54) is 0 Å². The smallest absolute Gasteiger partial charge is 0.254 e. The van der Waals surface area contributed by atoms with Gasteiger partial charge in [0.2, 0.25) is 27.7 Å². The fraction of sp³-hybridized carbons (Fsp3) is 0.474. The summed E-state index contributed by atoms with van der Waals surface area (Å²) in [4.78, 5) is 50.5. The lowest BCUT2D eigenvalue weighted by Crippen LogP contribution is -2.59. The van der Waals surface area contributed by atoms with Gasteiger partial charge in [-0.1, -0.05) is 45.0 Å². The molecule has 14 heteroatoms. The Bertz CT molecular complexity index is 1980. The Kier molecular flexibility index (Phi) is 10.0. The van der Waals surface area contributed by atoms with Crippen LogP contribution in [-0.2, 0) is 24.4 Å². The summed E-state index contributed by atoms with van der Waals surface area (Å²) >= 11 is 0. The maximum atomic E-state index is 14.3. The van der Waals surface area contributed by atoms with Crippen LogP contribution in [0.15, 0.2) is 67.3 Å². The van der Waals surface area contributed by atoms with Gasteiger partial charge in [-0.3, -0.25) is 29.3 Å². The highest BCUT2D eigenvalue weighted by molar-refractivity contribution is 7.91. The zero-order valence-electron chi connectivity index (χ0n) is 30.5. The van der Waals surface area contributed by atoms with Crippen molar-refractivity contribution in [1.82, 2.24) is 19.9 Å². The molecule has 2 saturated carbocycles. The topological polar surface area (TPSA) is 159 Å². The Morgan fingerprint density at radius 1 is 1.10 bits per heavy atom. The number of pyridine rings is 1. The number of hydrogen-bond donors (Lipinski definition) is 3. The van der Waals surface area contributed by atoms with Gasteiger partial charge in [-0.15, -0.1) is 6.58 Å². The second kappa shape index (κ2) is 14.0. The molecule has 1 aromatic heterocycles. The minimum atomic E-state index is -3.89. The lowest BCUT2D eigenvalue weighted by Gasteiger charge is -2.34. The monoisotopic (exact) mass is 732 g/mol. The third-order valence-corrected chi connectivity index (χ3v) is 11.9. The van der Waals surface area contributed by atoms with E-state index in [4.69, 9.17) is 14.5 Å². The Morgan fingerprint density at radius 3 is 2.40 bits per heavy atom. The molecule has 0 radical (unpaired) electrons. The molecule has 3 aromatic rings. The lowest BCUT2D eigenvalue weighted by molar-refractivity contribution is -0.136. The van der Waals surface area contributed by atoms with Crippen LogP contribution < -0.4 is 29.7 Å². The van der Waals surface area contributed by atoms with Gasteiger partial charge < -0.3 is 19.7 Å². The molecule has 1 saturated heterocycles. The molecule has 3 N–H and O–H groups in total. The largest absolute Gasteiger partial charge is 0.497 e. The number of carbonyl (C=O) groups excluding carboxylic acids is 3. The standard InChI is InChI=1S/C38H48N6O7S/c1-8-24-21-38(24,36(47)42-52(48,49)28-15-16-28)44-22-27(51-35-29-17-14-26(50-7)18-23(29)19-31(40-35)43(5)6)20-30(44)33(45)41-34(46)32(37(2,3)4)39-25-12-10-9-11-13-25/h8-14,17-19,24,27-28,30,32,39H,1,15-16,20-22H2,2-7H3,(H,42,47)(H,41,45,46)/t24-,27-,30+,32+,38-/m1/s1. The highest BCUT2D eigenvalue weighted by Crippen LogP contribution is 2.53. The molecule has 5 atom stereocenters. The van der Waals surface area contributed by atoms with Crippen LogP contribution in [0, 0.1) is 11.3 Å². The average molecular weight is 733 g/mol. The number of amides is 3. The number of hydrogen-bond acceptors (Lipinski definition) is 11. The fourth-order valence-corrected chi connectivity index (χ4v) is 8.33. The number of likely N-dealkylation sites (tertiary alicyclic amines) is 1. The van der Waals surface area contributed by atoms with E-state index in [2.05, 4.69) is 21.9 Å². The van der Waals surface area contributed by atoms with Gasteiger partial charge in [-0.2, -0.15) is 4.98 Å². The number of aromatic nitrogens is 1. The Hall–Kier alpha value is -4.69. The van der Waals surface area contributed by atoms with Crippen LogP contribution in [0.25, 0.3) is 10.8 Å². The van der Waals surface area contributed by atoms with Crippen LogP contribution in [0.3, 0.4) is 0 Å². The van der Waals surface area contributed by atoms with E-state index < -0.39 is 68.1 Å². The second-order valence-corrected chi connectivity index (χ2v) is 17.2. The van der Waals surface area contributed by atoms with Crippen LogP contribution in [0.4, 0.5) is 11.5 Å². The van der Waals surface area contributed by atoms with Gasteiger partial charge in [-0.05, 0) is 66.5 Å². The van der Waals surface area contributed by atoms with E-state index in [9.17, 15) is 22.8 Å². The number of rotatable bonds is 13. The Balaban J connectivity index is 1.33. The Morgan fingerprint density at radius 2 is 1.81 bits per heavy atom. The molecule has 0 bridgehead atoms. The van der Waals surface area contributed by atoms with Crippen molar-refractivity contribution in [3.63, 3.8) is 0 Å². The number of ether oxygens (including phenoxy) is 2. The minimum absolute atomic E-state index is 0.0873. The van der Waals surface area contributed by atoms with Crippen molar-refractivity contribution in [2.45, 2.75) is 75.4 Å². The zero-order valence-corrected chi connectivity index (χ0v) is 31.3. The predicted octanol–water partition coefficient (Wildman–Crippen LogP) is 3.85. The summed E-state index contributed by atoms with van der Waals surface area (Å²) in [5.74, 6) is -0.656. The quantitative estimate of drug-likeness (QED) is 0.219. The number of nitrogens with one attached hydrogen (secondary N) is 3. The molecule has 6 rings (SSSR count). The summed E-state index contributed by atoms with van der Waals surface area (Å²) in [5, 5.41) is 6.82. The average Bonchev–Trinajstić information content (AvgIpc) is 4.03. The molecule has 2 heterocycles. The number of carbonyl (C=O) groups is 3. The molecule has 52 heavy (non-hydrogen) atoms. The zero-order chi connectivity index (χ0) is 37.6. The van der Waals surface area contributed by atoms with E-state index in [0.29, 0.717) is 30.3 Å². The van der Waals surface area contributed by atoms with E-state index in [1.807, 2.05) is 94.4 Å². The van der Waals surface area contributed by atoms with E-state index in [-0.39, 0.29) is 19.4 Å². The summed E-state index contributed by atoms with van der Waals surface area (Å²) in [7, 11) is 1.43. The SMILES string of the molecule is C=C[C@@H]1C[C@@]1(C(=O)NS(=O)(=O)C1CC1)N1C[C@H](Oc2nc(N(C)C)cc3cc(OC)ccc23)C[C@H]1C(=O)NC(=O)[C@H](Nc1ccccc1)C(C)(C)C. The molecule has 1 aliphatic heterocycles. The van der Waals surface area contributed by atoms with Gasteiger partial charge in [0, 0.05) is 44.1 Å². The number of sulfonamides is 1. The summed E-state index contributed by atoms with van der Waals surface area (Å²) < 4.78 is 40.3. The molecule has 3 fully saturated rings. The highest BCUT2D eigenvalue weighted by atomic mass is 32.2. The van der Waals surface area contributed by atoms with Crippen LogP contribution in [0.1, 0.15) is 46.5 Å². The van der Waals surface area contributed by atoms with Crippen molar-refractivity contribution in [3.05, 3.63) is 67.3 Å². The van der Waals surface area contributed by atoms with Crippen LogP contribution in [0.2, 0.25) is 0 Å². The normalized spacial score (nSPS) is 23.7. The maximum absolute atomic E-state index is 14.3. The van der Waals surface area contributed by atoms with Crippen molar-refractivity contribution >= 4 is 50.0 Å². The highest BCUT2D eigenvalue weighted by Gasteiger charge is 2.67. The number of nitrogens with zero attached hydrogens (tertiary/aromatic N) is 3. The number of fused-ring (bicyclic) bond motifs is 1. The summed E-state index contributed by atoms with van der Waals surface area (Å²) in [5.41, 5.74) is -1.25. The van der Waals surface area contributed by atoms with Gasteiger partial charge in [0.1, 0.15) is 29.3 Å². The number of methoxy groups -OCH3 is 1. The predicted molar refractivity (Wildman–Crippen MR) is 200 cm³/mol. The summed E-state index contributed by atoms with van der Waals surface area (Å²) in [6.45, 7) is 9.70. The summed E-state index contributed by atoms with van der Waals surface area (Å²) in [6.07, 6.45) is 2.28. The molecule has 3 amide bonds. The molecule has 0 spiro atoms. The number of anilines is 2. The van der Waals surface area contributed by atoms with Gasteiger partial charge in [-0.25, -0.2) is 8.42 Å². The molecule has 2 aliphatic carbocycles. The molecule has 3 aliphatic rings. The van der Waals surface area contributed by atoms with Crippen LogP contribution >= 0.6 is 0 Å². The van der Waals surface area contributed by atoms with Crippen molar-refractivity contribution in [2.75, 3.05) is 38.0 Å². The van der Waals surface area contributed by atoms with Crippen LogP contribution in [-0.4, -0.2) is 92.7 Å². The molecular formula is C38H48N6O7S. The van der Waals surface area contributed by atoms with Gasteiger partial charge in [0.05, 0.1) is 18.4 Å². The minimum Gasteiger partial charge on any atom is -0.497 e. The van der Waals surface area contributed by atoms with Gasteiger partial charge in [0.25, 0.3) is 5.91 Å². The lowest BCUT2D eigenvalue weighted by atomic mass is 9.85. The first-order valence-electron chi connectivity index (χ1n) is 17.5. The van der Waals surface area contributed by atoms with E-state index in [1.54, 1.807) is 18.1 Å². The molecule has 0 unspecified atom stereocenters. The maximum Gasteiger partial charge on any atom is 0.254 e. The fourth-order valence-electron chi connectivity index (χ4n) is 6.98. The van der Waals surface area contributed by atoms with Gasteiger partial charge >= 0.3 is 0 Å². The first kappa shape index (κ1) is 37.1. The van der Waals surface area contributed by atoms with Gasteiger partial charge in [0.15, 0.2) is 0 Å². The molecule has 2 aromatic carbocycles. The second-order valence-electron chi connectivity index (χ2n) is 15.2. The third kappa shape index (κ3) is 7.45. The molecule has 13 nitrogen and oxygen atoms in total. The van der Waals surface area contributed by atoms with E-state index >= 15 is 0 Å². The number of imide groups is 1. The first-order chi connectivity index (χ1) is 24.6. The number of benzene rings is 2. The third-order valence-electron chi connectivity index (χ3n) is 10.1. The van der Waals surface area contributed by atoms with E-state index in [0.717, 1.165) is 16.5 Å². The van der Waals surface area contributed by atoms with Crippen molar-refractivity contribution in [3.8, 4) is 11.6 Å². The molecule has 278 valence electrons. The van der Waals surface area contributed by atoms with Crippen molar-refractivity contribution in [2.24, 2.45) is 11.3 Å².